The summed E-state index contributed by atoms with van der Waals surface area (Å²) in [6.07, 6.45) is 0. The summed E-state index contributed by atoms with van der Waals surface area (Å²) >= 11 is 12.0. The molecule has 0 radical (unpaired) electrons. The van der Waals surface area contributed by atoms with Gasteiger partial charge in [0.05, 0.1) is 10.6 Å². The van der Waals surface area contributed by atoms with Crippen molar-refractivity contribution in [3.63, 3.8) is 0 Å². The number of halogens is 2. The number of carbonyl (C=O) groups is 1. The Hall–Kier alpha value is -2.84. The molecule has 0 aliphatic heterocycles. The first-order valence-electron chi connectivity index (χ1n) is 7.04. The minimum atomic E-state index is -1.10. The molecule has 0 unspecified atom stereocenters. The highest BCUT2D eigenvalue weighted by molar-refractivity contribution is 6.33. The summed E-state index contributed by atoms with van der Waals surface area (Å²) < 4.78 is 0. The summed E-state index contributed by atoms with van der Waals surface area (Å²) in [7, 11) is 0. The smallest absolute Gasteiger partial charge is 0.337 e. The molecule has 3 rings (SSSR count). The van der Waals surface area contributed by atoms with E-state index in [0.717, 1.165) is 5.69 Å². The van der Waals surface area contributed by atoms with Crippen molar-refractivity contribution in [1.29, 1.82) is 0 Å². The third kappa shape index (κ3) is 4.17. The van der Waals surface area contributed by atoms with E-state index >= 15 is 0 Å². The van der Waals surface area contributed by atoms with E-state index < -0.39 is 5.97 Å². The van der Waals surface area contributed by atoms with Crippen LogP contribution in [0.15, 0.2) is 30.3 Å². The molecule has 0 fully saturated rings. The number of aryl methyl sites for hydroxylation is 1. The van der Waals surface area contributed by atoms with Crippen LogP contribution >= 0.6 is 23.2 Å². The minimum Gasteiger partial charge on any atom is -0.478 e. The number of nitrogens with zero attached hydrogens (tertiary/aromatic N) is 3. The Bertz CT molecular complexity index is 944. The first-order chi connectivity index (χ1) is 11.9. The van der Waals surface area contributed by atoms with Gasteiger partial charge in [0.15, 0.2) is 5.82 Å². The summed E-state index contributed by atoms with van der Waals surface area (Å²) in [6, 6.07) is 7.79. The Labute approximate surface area is 152 Å². The van der Waals surface area contributed by atoms with Crippen molar-refractivity contribution >= 4 is 52.4 Å². The third-order valence-electron chi connectivity index (χ3n) is 3.11. The van der Waals surface area contributed by atoms with Crippen LogP contribution in [0.2, 0.25) is 10.2 Å². The first kappa shape index (κ1) is 17.0. The van der Waals surface area contributed by atoms with E-state index in [1.807, 2.05) is 13.0 Å². The zero-order valence-electron chi connectivity index (χ0n) is 12.8. The second-order valence-corrected chi connectivity index (χ2v) is 5.88. The van der Waals surface area contributed by atoms with Gasteiger partial charge in [-0.3, -0.25) is 5.10 Å². The molecular formula is C15H12Cl2N6O2. The maximum Gasteiger partial charge on any atom is 0.337 e. The molecule has 0 bridgehead atoms. The van der Waals surface area contributed by atoms with Crippen molar-refractivity contribution in [1.82, 2.24) is 20.2 Å². The molecule has 0 aliphatic rings. The second-order valence-electron chi connectivity index (χ2n) is 5.09. The van der Waals surface area contributed by atoms with Gasteiger partial charge in [0.25, 0.3) is 0 Å². The van der Waals surface area contributed by atoms with Crippen molar-refractivity contribution in [2.45, 2.75) is 6.92 Å². The fourth-order valence-corrected chi connectivity index (χ4v) is 2.49. The van der Waals surface area contributed by atoms with Gasteiger partial charge >= 0.3 is 5.97 Å². The van der Waals surface area contributed by atoms with E-state index in [-0.39, 0.29) is 21.7 Å². The first-order valence-corrected chi connectivity index (χ1v) is 7.80. The van der Waals surface area contributed by atoms with Crippen molar-refractivity contribution in [3.8, 4) is 0 Å². The van der Waals surface area contributed by atoms with Gasteiger partial charge in [-0.05, 0) is 25.1 Å². The molecule has 25 heavy (non-hydrogen) atoms. The summed E-state index contributed by atoms with van der Waals surface area (Å²) in [6.45, 7) is 1.88. The Kier molecular flexibility index (Phi) is 4.73. The lowest BCUT2D eigenvalue weighted by molar-refractivity contribution is 0.0697. The molecule has 10 heteroatoms. The number of hydrogen-bond acceptors (Lipinski definition) is 6. The molecule has 128 valence electrons. The fourth-order valence-electron chi connectivity index (χ4n) is 2.05. The van der Waals surface area contributed by atoms with Gasteiger partial charge in [0.1, 0.15) is 11.0 Å². The van der Waals surface area contributed by atoms with Crippen molar-refractivity contribution < 1.29 is 9.90 Å². The lowest BCUT2D eigenvalue weighted by Gasteiger charge is -2.09. The topological polar surface area (TPSA) is 116 Å². The van der Waals surface area contributed by atoms with Crippen molar-refractivity contribution in [2.75, 3.05) is 10.6 Å². The van der Waals surface area contributed by atoms with E-state index in [0.29, 0.717) is 17.3 Å². The van der Waals surface area contributed by atoms with Gasteiger partial charge < -0.3 is 15.7 Å². The molecule has 0 saturated carbocycles. The number of aromatic carboxylic acids is 1. The SMILES string of the molecule is Cc1cc(Nc2cc(Cl)nc(Nc3ccc(C(=O)O)c(Cl)c3)n2)n[nH]1. The highest BCUT2D eigenvalue weighted by Crippen LogP contribution is 2.24. The Morgan fingerprint density at radius 2 is 1.92 bits per heavy atom. The van der Waals surface area contributed by atoms with Crippen LogP contribution in [-0.4, -0.2) is 31.2 Å². The average Bonchev–Trinajstić information content (AvgIpc) is 2.91. The number of benzene rings is 1. The fraction of sp³-hybridized carbons (Fsp3) is 0.0667. The maximum atomic E-state index is 11.0. The Morgan fingerprint density at radius 1 is 1.12 bits per heavy atom. The van der Waals surface area contributed by atoms with E-state index in [1.54, 1.807) is 12.1 Å². The van der Waals surface area contributed by atoms with Crippen molar-refractivity contribution in [3.05, 3.63) is 51.8 Å². The predicted octanol–water partition coefficient (Wildman–Crippen LogP) is 4.00. The van der Waals surface area contributed by atoms with Crippen LogP contribution in [0.25, 0.3) is 0 Å². The molecule has 0 spiro atoms. The van der Waals surface area contributed by atoms with Crippen LogP contribution in [-0.2, 0) is 0 Å². The number of H-pyrrole nitrogens is 1. The van der Waals surface area contributed by atoms with Gasteiger partial charge in [-0.1, -0.05) is 23.2 Å². The molecule has 2 aromatic heterocycles. The molecule has 0 amide bonds. The largest absolute Gasteiger partial charge is 0.478 e. The van der Waals surface area contributed by atoms with Gasteiger partial charge in [-0.15, -0.1) is 0 Å². The molecule has 8 nitrogen and oxygen atoms in total. The molecular weight excluding hydrogens is 367 g/mol. The number of nitrogens with one attached hydrogen (secondary N) is 3. The number of carboxylic acids is 1. The zero-order chi connectivity index (χ0) is 18.0. The van der Waals surface area contributed by atoms with E-state index in [4.69, 9.17) is 28.3 Å². The van der Waals surface area contributed by atoms with Crippen LogP contribution in [0.1, 0.15) is 16.1 Å². The molecule has 3 aromatic rings. The van der Waals surface area contributed by atoms with Crippen LogP contribution in [0.3, 0.4) is 0 Å². The highest BCUT2D eigenvalue weighted by Gasteiger charge is 2.10. The monoisotopic (exact) mass is 378 g/mol. The van der Waals surface area contributed by atoms with Crippen LogP contribution < -0.4 is 10.6 Å². The number of carboxylic acid groups (broad SMARTS) is 1. The van der Waals surface area contributed by atoms with E-state index in [9.17, 15) is 4.79 Å². The number of anilines is 4. The summed E-state index contributed by atoms with van der Waals surface area (Å²) in [4.78, 5) is 19.4. The minimum absolute atomic E-state index is 0.00971. The van der Waals surface area contributed by atoms with Crippen LogP contribution in [0.4, 0.5) is 23.3 Å². The van der Waals surface area contributed by atoms with Gasteiger partial charge in [0.2, 0.25) is 5.95 Å². The predicted molar refractivity (Wildman–Crippen MR) is 95.3 cm³/mol. The zero-order valence-corrected chi connectivity index (χ0v) is 14.4. The van der Waals surface area contributed by atoms with Gasteiger partial charge in [-0.25, -0.2) is 9.78 Å². The maximum absolute atomic E-state index is 11.0. The molecule has 0 saturated heterocycles. The van der Waals surface area contributed by atoms with Gasteiger partial charge in [0, 0.05) is 23.5 Å². The molecule has 0 atom stereocenters. The van der Waals surface area contributed by atoms with Crippen molar-refractivity contribution in [2.24, 2.45) is 0 Å². The number of aromatic nitrogens is 4. The lowest BCUT2D eigenvalue weighted by atomic mass is 10.2. The molecule has 4 N–H and O–H groups in total. The quantitative estimate of drug-likeness (QED) is 0.495. The molecule has 0 aliphatic carbocycles. The second kappa shape index (κ2) is 6.96. The summed E-state index contributed by atoms with van der Waals surface area (Å²) in [5.41, 5.74) is 1.43. The van der Waals surface area contributed by atoms with E-state index in [2.05, 4.69) is 30.8 Å². The number of hydrogen-bond donors (Lipinski definition) is 4. The Morgan fingerprint density at radius 3 is 2.56 bits per heavy atom. The summed E-state index contributed by atoms with van der Waals surface area (Å²) in [5.74, 6) is 0.159. The average molecular weight is 379 g/mol. The number of rotatable bonds is 5. The Balaban J connectivity index is 1.83. The van der Waals surface area contributed by atoms with E-state index in [1.165, 1.54) is 12.1 Å². The molecule has 2 heterocycles. The van der Waals surface area contributed by atoms with Crippen LogP contribution in [0.5, 0.6) is 0 Å². The normalized spacial score (nSPS) is 10.5. The number of aromatic amines is 1. The highest BCUT2D eigenvalue weighted by atomic mass is 35.5. The lowest BCUT2D eigenvalue weighted by Crippen LogP contribution is -2.02. The third-order valence-corrected chi connectivity index (χ3v) is 3.62. The van der Waals surface area contributed by atoms with Crippen LogP contribution in [0, 0.1) is 6.92 Å². The van der Waals surface area contributed by atoms with Gasteiger partial charge in [-0.2, -0.15) is 10.1 Å². The summed E-state index contributed by atoms with van der Waals surface area (Å²) in [5, 5.41) is 22.1. The molecule has 1 aromatic carbocycles. The standard InChI is InChI=1S/C15H12Cl2N6O2/c1-7-4-13(23-22-7)20-12-6-11(17)19-15(21-12)18-8-2-3-9(14(24)25)10(16)5-8/h2-6H,1H3,(H,24,25)(H3,18,19,20,21,22,23).